The second kappa shape index (κ2) is 14.7. The number of benzene rings is 11. The van der Waals surface area contributed by atoms with Crippen LogP contribution in [0.5, 0.6) is 5.75 Å². The lowest BCUT2D eigenvalue weighted by Gasteiger charge is -2.34. The smallest absolute Gasteiger partial charge is 0.132 e. The van der Waals surface area contributed by atoms with E-state index in [1.165, 1.54) is 116 Å². The predicted octanol–water partition coefficient (Wildman–Crippen LogP) is 17.5. The van der Waals surface area contributed by atoms with Gasteiger partial charge in [0.1, 0.15) is 11.9 Å². The van der Waals surface area contributed by atoms with Gasteiger partial charge in [0.15, 0.2) is 0 Å². The number of hydrogen-bond acceptors (Lipinski definition) is 2. The van der Waals surface area contributed by atoms with Gasteiger partial charge < -0.3 is 9.64 Å². The lowest BCUT2D eigenvalue weighted by Crippen LogP contribution is -2.26. The maximum Gasteiger partial charge on any atom is 0.132 e. The van der Waals surface area contributed by atoms with Crippen LogP contribution in [0.4, 0.5) is 17.1 Å². The van der Waals surface area contributed by atoms with E-state index >= 15 is 0 Å². The van der Waals surface area contributed by atoms with Gasteiger partial charge in [-0.1, -0.05) is 224 Å². The zero-order valence-corrected chi connectivity index (χ0v) is 40.3. The molecular formula is C72H45NO. The number of hydrogen-bond donors (Lipinski definition) is 0. The van der Waals surface area contributed by atoms with E-state index in [9.17, 15) is 0 Å². The number of fused-ring (bicyclic) bond motifs is 25. The SMILES string of the molecule is C1=CC2Oc3c(ccc4ccccc34)C2C=C1c1ccccc1N(c1ccc2c(c1)C1(c3ccccc3-c3ccccc31)c1ccccc1-2)c1ccc2c(c1)C1(c3ccccc3-c3ccccc31)c1ccccc1-2. The third-order valence-corrected chi connectivity index (χ3v) is 17.6. The molecule has 0 aromatic heterocycles. The van der Waals surface area contributed by atoms with E-state index < -0.39 is 10.8 Å². The molecule has 2 atom stereocenters. The Bertz CT molecular complexity index is 4020. The first-order chi connectivity index (χ1) is 36.7. The first-order valence-electron chi connectivity index (χ1n) is 26.1. The number of anilines is 3. The molecule has 5 aliphatic carbocycles. The quantitative estimate of drug-likeness (QED) is 0.174. The molecule has 0 amide bonds. The number of para-hydroxylation sites is 1. The molecule has 0 radical (unpaired) electrons. The summed E-state index contributed by atoms with van der Waals surface area (Å²) in [6.45, 7) is 0. The molecule has 0 N–H and O–H groups in total. The van der Waals surface area contributed by atoms with Crippen LogP contribution in [0, 0.1) is 0 Å². The molecular weight excluding hydrogens is 895 g/mol. The maximum absolute atomic E-state index is 6.81. The van der Waals surface area contributed by atoms with Crippen LogP contribution in [0.2, 0.25) is 0 Å². The van der Waals surface area contributed by atoms with Gasteiger partial charge in [0.05, 0.1) is 16.5 Å². The zero-order valence-electron chi connectivity index (χ0n) is 40.3. The van der Waals surface area contributed by atoms with Crippen LogP contribution in [0.1, 0.15) is 61.6 Å². The van der Waals surface area contributed by atoms with E-state index in [1.807, 2.05) is 0 Å². The molecule has 74 heavy (non-hydrogen) atoms. The molecule has 0 bridgehead atoms. The minimum Gasteiger partial charge on any atom is -0.484 e. The summed E-state index contributed by atoms with van der Waals surface area (Å²) in [5.74, 6) is 1.08. The molecule has 2 unspecified atom stereocenters. The fourth-order valence-corrected chi connectivity index (χ4v) is 14.8. The first kappa shape index (κ1) is 40.4. The molecule has 1 aliphatic heterocycles. The zero-order chi connectivity index (χ0) is 48.3. The van der Waals surface area contributed by atoms with Crippen molar-refractivity contribution in [2.45, 2.75) is 22.9 Å². The van der Waals surface area contributed by atoms with Gasteiger partial charge in [-0.15, -0.1) is 0 Å². The van der Waals surface area contributed by atoms with Crippen LogP contribution < -0.4 is 9.64 Å². The molecule has 11 aromatic rings. The Balaban J connectivity index is 0.925. The summed E-state index contributed by atoms with van der Waals surface area (Å²) in [4.78, 5) is 2.57. The van der Waals surface area contributed by atoms with Crippen molar-refractivity contribution in [3.8, 4) is 50.3 Å². The van der Waals surface area contributed by atoms with Crippen molar-refractivity contribution >= 4 is 33.4 Å². The Morgan fingerprint density at radius 2 is 0.757 bits per heavy atom. The van der Waals surface area contributed by atoms with Gasteiger partial charge >= 0.3 is 0 Å². The second-order valence-electron chi connectivity index (χ2n) is 20.9. The summed E-state index contributed by atoms with van der Waals surface area (Å²) in [5, 5.41) is 2.37. The standard InChI is InChI=1S/C72H45NO/c1-2-19-49-44(17-1)33-37-58-59-41-45(34-40-69(59)74-70(49)58)48-18-9-16-32-68(48)73(46-35-38-56-54-24-7-14-30-64(54)71(66(56)42-46)60-26-10-3-20-50(60)51-21-4-11-27-61(51)71)47-36-39-57-55-25-8-15-31-65(55)72(67(57)43-47)62-28-12-5-22-52(62)53-23-6-13-29-63(53)72/h1-43,59,69H. The minimum atomic E-state index is -0.495. The van der Waals surface area contributed by atoms with Crippen molar-refractivity contribution < 1.29 is 4.74 Å². The molecule has 0 fully saturated rings. The van der Waals surface area contributed by atoms with Crippen LogP contribution in [-0.2, 0) is 10.8 Å². The molecule has 344 valence electrons. The molecule has 6 aliphatic rings. The highest BCUT2D eigenvalue weighted by atomic mass is 16.5. The fourth-order valence-electron chi connectivity index (χ4n) is 14.8. The Labute approximate surface area is 430 Å². The highest BCUT2D eigenvalue weighted by molar-refractivity contribution is 6.00. The van der Waals surface area contributed by atoms with Crippen LogP contribution >= 0.6 is 0 Å². The molecule has 2 spiro atoms. The third kappa shape index (κ3) is 5.00. The second-order valence-corrected chi connectivity index (χ2v) is 20.9. The highest BCUT2D eigenvalue weighted by Gasteiger charge is 2.53. The summed E-state index contributed by atoms with van der Waals surface area (Å²) < 4.78 is 6.81. The normalized spacial score (nSPS) is 17.3. The lowest BCUT2D eigenvalue weighted by molar-refractivity contribution is 0.272. The van der Waals surface area contributed by atoms with E-state index in [4.69, 9.17) is 4.74 Å². The largest absolute Gasteiger partial charge is 0.484 e. The number of nitrogens with zero attached hydrogens (tertiary/aromatic N) is 1. The Hall–Kier alpha value is -9.24. The van der Waals surface area contributed by atoms with E-state index in [0.29, 0.717) is 0 Å². The van der Waals surface area contributed by atoms with Crippen LogP contribution in [0.15, 0.2) is 261 Å². The van der Waals surface area contributed by atoms with Gasteiger partial charge in [-0.25, -0.2) is 0 Å². The Kier molecular flexibility index (Phi) is 8.01. The van der Waals surface area contributed by atoms with Crippen LogP contribution in [0.3, 0.4) is 0 Å². The van der Waals surface area contributed by atoms with Crippen LogP contribution in [-0.4, -0.2) is 6.10 Å². The number of rotatable bonds is 4. The average molecular weight is 940 g/mol. The van der Waals surface area contributed by atoms with Crippen molar-refractivity contribution in [3.63, 3.8) is 0 Å². The highest BCUT2D eigenvalue weighted by Crippen LogP contribution is 2.66. The topological polar surface area (TPSA) is 12.5 Å². The summed E-state index contributed by atoms with van der Waals surface area (Å²) in [7, 11) is 0. The fraction of sp³-hybridized carbons (Fsp3) is 0.0556. The van der Waals surface area contributed by atoms with E-state index in [-0.39, 0.29) is 12.0 Å². The van der Waals surface area contributed by atoms with E-state index in [0.717, 1.165) is 22.8 Å². The van der Waals surface area contributed by atoms with Gasteiger partial charge in [-0.2, -0.15) is 0 Å². The minimum absolute atomic E-state index is 0.0683. The molecule has 1 heterocycles. The van der Waals surface area contributed by atoms with Gasteiger partial charge in [-0.05, 0) is 136 Å². The molecule has 0 saturated heterocycles. The number of ether oxygens (including phenoxy) is 1. The van der Waals surface area contributed by atoms with Crippen molar-refractivity contribution in [2.24, 2.45) is 0 Å². The van der Waals surface area contributed by atoms with Gasteiger partial charge in [0.25, 0.3) is 0 Å². The van der Waals surface area contributed by atoms with Crippen LogP contribution in [0.25, 0.3) is 60.9 Å². The van der Waals surface area contributed by atoms with Gasteiger partial charge in [0, 0.05) is 33.8 Å². The predicted molar refractivity (Wildman–Crippen MR) is 302 cm³/mol. The Morgan fingerprint density at radius 3 is 1.24 bits per heavy atom. The first-order valence-corrected chi connectivity index (χ1v) is 26.1. The summed E-state index contributed by atoms with van der Waals surface area (Å²) in [6, 6.07) is 91.6. The van der Waals surface area contributed by atoms with Crippen molar-refractivity contribution in [1.29, 1.82) is 0 Å². The van der Waals surface area contributed by atoms with Crippen molar-refractivity contribution in [2.75, 3.05) is 4.90 Å². The van der Waals surface area contributed by atoms with E-state index in [1.54, 1.807) is 0 Å². The lowest BCUT2D eigenvalue weighted by atomic mass is 9.70. The van der Waals surface area contributed by atoms with Crippen molar-refractivity contribution in [1.82, 2.24) is 0 Å². The molecule has 2 nitrogen and oxygen atoms in total. The summed E-state index contributed by atoms with van der Waals surface area (Å²) >= 11 is 0. The number of allylic oxidation sites excluding steroid dienone is 2. The monoisotopic (exact) mass is 939 g/mol. The summed E-state index contributed by atoms with van der Waals surface area (Å²) in [5.41, 5.74) is 27.0. The molecule has 2 heteroatoms. The van der Waals surface area contributed by atoms with Gasteiger partial charge in [0.2, 0.25) is 0 Å². The Morgan fingerprint density at radius 1 is 0.351 bits per heavy atom. The molecule has 17 rings (SSSR count). The molecule has 11 aromatic carbocycles. The summed E-state index contributed by atoms with van der Waals surface area (Å²) in [6.07, 6.45) is 6.98. The molecule has 0 saturated carbocycles. The van der Waals surface area contributed by atoms with Gasteiger partial charge in [-0.3, -0.25) is 0 Å². The van der Waals surface area contributed by atoms with E-state index in [2.05, 4.69) is 266 Å². The average Bonchev–Trinajstić information content (AvgIpc) is 4.24. The van der Waals surface area contributed by atoms with Crippen molar-refractivity contribution in [3.05, 3.63) is 317 Å². The maximum atomic E-state index is 6.81. The third-order valence-electron chi connectivity index (χ3n) is 17.6.